The summed E-state index contributed by atoms with van der Waals surface area (Å²) in [7, 11) is 0. The molecule has 4 heteroatoms. The third kappa shape index (κ3) is 4.65. The van der Waals surface area contributed by atoms with Gasteiger partial charge in [-0.3, -0.25) is 14.9 Å². The molecule has 54 valence electrons. The number of carbonyl (C=O) groups is 2. The summed E-state index contributed by atoms with van der Waals surface area (Å²) in [6.07, 6.45) is 4.74. The molecule has 4 nitrogen and oxygen atoms in total. The Hall–Kier alpha value is -1.50. The zero-order chi connectivity index (χ0) is 7.98. The van der Waals surface area contributed by atoms with Crippen molar-refractivity contribution in [1.82, 2.24) is 10.6 Å². The van der Waals surface area contributed by atoms with Crippen LogP contribution in [0.15, 0.2) is 0 Å². The molecule has 0 bridgehead atoms. The summed E-state index contributed by atoms with van der Waals surface area (Å²) in [6, 6.07) is 1.94. The molecule has 0 aromatic heterocycles. The summed E-state index contributed by atoms with van der Waals surface area (Å²) in [4.78, 5) is 20.7. The fourth-order valence-corrected chi connectivity index (χ4v) is 0.329. The van der Waals surface area contributed by atoms with Crippen LogP contribution in [0.5, 0.6) is 0 Å². The molecular formula is C6H8N2O2. The van der Waals surface area contributed by atoms with Gasteiger partial charge in [-0.1, -0.05) is 6.42 Å². The molecule has 0 atom stereocenters. The molecule has 0 aromatic rings. The molecule has 0 unspecified atom stereocenters. The fraction of sp³-hybridized carbons (Fsp3) is 0.333. The molecule has 0 saturated carbocycles. The van der Waals surface area contributed by atoms with E-state index < -0.39 is 5.91 Å². The molecule has 0 rings (SSSR count). The predicted molar refractivity (Wildman–Crippen MR) is 35.7 cm³/mol. The second-order valence-electron chi connectivity index (χ2n) is 1.60. The Morgan fingerprint density at radius 2 is 2.20 bits per heavy atom. The van der Waals surface area contributed by atoms with E-state index >= 15 is 0 Å². The number of nitrogens with one attached hydrogen (secondary N) is 2. The normalized spacial score (nSPS) is 7.60. The summed E-state index contributed by atoms with van der Waals surface area (Å²) in [6.45, 7) is 1.25. The maximum atomic E-state index is 10.5. The van der Waals surface area contributed by atoms with Crippen molar-refractivity contribution in [3.63, 3.8) is 0 Å². The highest BCUT2D eigenvalue weighted by molar-refractivity contribution is 5.84. The molecule has 0 aliphatic carbocycles. The van der Waals surface area contributed by atoms with Crippen molar-refractivity contribution in [2.45, 2.75) is 6.92 Å². The van der Waals surface area contributed by atoms with Crippen LogP contribution >= 0.6 is 0 Å². The fourth-order valence-electron chi connectivity index (χ4n) is 0.329. The minimum Gasteiger partial charge on any atom is -0.347 e. The molecule has 0 aliphatic rings. The van der Waals surface area contributed by atoms with E-state index in [4.69, 9.17) is 6.42 Å². The number of hydrogen-bond donors (Lipinski definition) is 2. The van der Waals surface area contributed by atoms with Gasteiger partial charge >= 0.3 is 0 Å². The van der Waals surface area contributed by atoms with Gasteiger partial charge in [0.2, 0.25) is 5.91 Å². The first-order valence-corrected chi connectivity index (χ1v) is 2.65. The Kier molecular flexibility index (Phi) is 3.73. The minimum absolute atomic E-state index is 0.0699. The van der Waals surface area contributed by atoms with E-state index in [1.54, 1.807) is 0 Å². The summed E-state index contributed by atoms with van der Waals surface area (Å²) < 4.78 is 0. The number of rotatable bonds is 2. The molecule has 2 N–H and O–H groups in total. The van der Waals surface area contributed by atoms with Gasteiger partial charge in [-0.25, -0.2) is 0 Å². The van der Waals surface area contributed by atoms with Crippen LogP contribution in [0, 0.1) is 12.5 Å². The monoisotopic (exact) mass is 140 g/mol. The third-order valence-corrected chi connectivity index (χ3v) is 0.709. The summed E-state index contributed by atoms with van der Waals surface area (Å²) in [5.74, 6) is -0.648. The minimum atomic E-state index is -0.391. The number of carbonyl (C=O) groups excluding carboxylic acids is 2. The van der Waals surface area contributed by atoms with Gasteiger partial charge in [-0.15, -0.1) is 0 Å². The lowest BCUT2D eigenvalue weighted by Gasteiger charge is -1.97. The van der Waals surface area contributed by atoms with Crippen LogP contribution < -0.4 is 10.6 Å². The van der Waals surface area contributed by atoms with Crippen LogP contribution in [0.1, 0.15) is 6.92 Å². The Morgan fingerprint density at radius 3 is 2.60 bits per heavy atom. The highest BCUT2D eigenvalue weighted by atomic mass is 16.2. The lowest BCUT2D eigenvalue weighted by molar-refractivity contribution is -0.124. The smallest absolute Gasteiger partial charge is 0.250 e. The Morgan fingerprint density at radius 1 is 1.60 bits per heavy atom. The molecule has 0 aliphatic heterocycles. The van der Waals surface area contributed by atoms with E-state index in [2.05, 4.69) is 10.6 Å². The van der Waals surface area contributed by atoms with Crippen LogP contribution in [-0.4, -0.2) is 18.4 Å². The topological polar surface area (TPSA) is 58.2 Å². The summed E-state index contributed by atoms with van der Waals surface area (Å²) >= 11 is 0. The van der Waals surface area contributed by atoms with Gasteiger partial charge in [0.1, 0.15) is 0 Å². The lowest BCUT2D eigenvalue weighted by atomic mass is 10.5. The van der Waals surface area contributed by atoms with Gasteiger partial charge < -0.3 is 5.32 Å². The van der Waals surface area contributed by atoms with Gasteiger partial charge in [-0.2, -0.15) is 0 Å². The first kappa shape index (κ1) is 8.50. The van der Waals surface area contributed by atoms with Crippen LogP contribution in [0.4, 0.5) is 0 Å². The third-order valence-electron chi connectivity index (χ3n) is 0.709. The highest BCUT2D eigenvalue weighted by Gasteiger charge is 1.97. The molecule has 0 aromatic carbocycles. The lowest BCUT2D eigenvalue weighted by Crippen LogP contribution is -2.33. The van der Waals surface area contributed by atoms with Crippen molar-refractivity contribution in [2.24, 2.45) is 0 Å². The molecule has 2 amide bonds. The van der Waals surface area contributed by atoms with E-state index in [0.29, 0.717) is 0 Å². The zero-order valence-corrected chi connectivity index (χ0v) is 5.60. The zero-order valence-electron chi connectivity index (χ0n) is 5.60. The second kappa shape index (κ2) is 4.39. The molecular weight excluding hydrogens is 132 g/mol. The molecule has 0 fully saturated rings. The van der Waals surface area contributed by atoms with Crippen LogP contribution in [0.2, 0.25) is 0 Å². The molecule has 0 saturated heterocycles. The quantitative estimate of drug-likeness (QED) is 0.375. The molecule has 0 heterocycles. The van der Waals surface area contributed by atoms with Crippen LogP contribution in [0.25, 0.3) is 0 Å². The van der Waals surface area contributed by atoms with Crippen molar-refractivity contribution >= 4 is 11.8 Å². The number of terminal acetylenes is 1. The largest absolute Gasteiger partial charge is 0.347 e. The average molecular weight is 140 g/mol. The average Bonchev–Trinajstić information content (AvgIpc) is 1.85. The number of amides is 2. The van der Waals surface area contributed by atoms with Crippen LogP contribution in [0.3, 0.4) is 0 Å². The van der Waals surface area contributed by atoms with E-state index in [-0.39, 0.29) is 12.5 Å². The summed E-state index contributed by atoms with van der Waals surface area (Å²) in [5, 5.41) is 4.36. The van der Waals surface area contributed by atoms with Gasteiger partial charge in [0.25, 0.3) is 5.91 Å². The van der Waals surface area contributed by atoms with Gasteiger partial charge in [-0.05, 0) is 0 Å². The number of hydrogen-bond acceptors (Lipinski definition) is 2. The van der Waals surface area contributed by atoms with E-state index in [1.807, 2.05) is 6.04 Å². The van der Waals surface area contributed by atoms with Crippen molar-refractivity contribution < 1.29 is 9.59 Å². The van der Waals surface area contributed by atoms with Crippen molar-refractivity contribution in [1.29, 1.82) is 0 Å². The van der Waals surface area contributed by atoms with Gasteiger partial charge in [0, 0.05) is 13.0 Å². The van der Waals surface area contributed by atoms with E-state index in [0.717, 1.165) is 0 Å². The highest BCUT2D eigenvalue weighted by Crippen LogP contribution is 1.62. The van der Waals surface area contributed by atoms with Crippen molar-refractivity contribution in [3.05, 3.63) is 0 Å². The van der Waals surface area contributed by atoms with Crippen molar-refractivity contribution in [2.75, 3.05) is 6.54 Å². The van der Waals surface area contributed by atoms with Crippen LogP contribution in [-0.2, 0) is 9.59 Å². The standard InChI is InChI=1S/C6H8N2O2/c1-3-7-6(10)4-8-5(2)9/h1H,4H2,2H3,(H,7,10)(H,8,9). The van der Waals surface area contributed by atoms with Crippen molar-refractivity contribution in [3.8, 4) is 12.5 Å². The van der Waals surface area contributed by atoms with Gasteiger partial charge in [0.15, 0.2) is 0 Å². The predicted octanol–water partition coefficient (Wildman–Crippen LogP) is -1.17. The van der Waals surface area contributed by atoms with E-state index in [9.17, 15) is 9.59 Å². The maximum Gasteiger partial charge on any atom is 0.250 e. The molecule has 0 radical (unpaired) electrons. The molecule has 0 spiro atoms. The Labute approximate surface area is 59.0 Å². The Bertz CT molecular complexity index is 181. The first-order valence-electron chi connectivity index (χ1n) is 2.65. The van der Waals surface area contributed by atoms with Gasteiger partial charge in [0.05, 0.1) is 6.54 Å². The summed E-state index contributed by atoms with van der Waals surface area (Å²) in [5.41, 5.74) is 0. The molecule has 10 heavy (non-hydrogen) atoms. The Balaban J connectivity index is 3.42. The second-order valence-corrected chi connectivity index (χ2v) is 1.60. The maximum absolute atomic E-state index is 10.5. The SMILES string of the molecule is C#CNC(=O)CNC(C)=O. The first-order chi connectivity index (χ1) is 4.66. The van der Waals surface area contributed by atoms with E-state index in [1.165, 1.54) is 6.92 Å².